The number of hydrogen-bond donors (Lipinski definition) is 2. The molecule has 86 valence electrons. The number of aliphatic hydroxyl groups is 1. The normalized spacial score (nSPS) is 13.1. The molecule has 0 amide bonds. The van der Waals surface area contributed by atoms with Gasteiger partial charge < -0.3 is 15.4 Å². The quantitative estimate of drug-likeness (QED) is 0.787. The largest absolute Gasteiger partial charge is 0.391 e. The van der Waals surface area contributed by atoms with Crippen LogP contribution in [0.15, 0.2) is 12.7 Å². The highest BCUT2D eigenvalue weighted by atomic mass is 16.3. The summed E-state index contributed by atoms with van der Waals surface area (Å²) in [5.74, 6) is 0.369. The smallest absolute Gasteiger partial charge is 0.165 e. The summed E-state index contributed by atoms with van der Waals surface area (Å²) in [7, 11) is 0. The highest BCUT2D eigenvalue weighted by Crippen LogP contribution is 2.14. The highest BCUT2D eigenvalue weighted by molar-refractivity contribution is 5.81. The molecule has 2 aromatic heterocycles. The molecule has 1 unspecified atom stereocenters. The van der Waals surface area contributed by atoms with E-state index in [4.69, 9.17) is 5.73 Å². The Kier molecular flexibility index (Phi) is 3.00. The number of hydrogen-bond acceptors (Lipinski definition) is 5. The van der Waals surface area contributed by atoms with Crippen LogP contribution in [0.4, 0.5) is 5.82 Å². The number of nitrogen functional groups attached to an aromatic ring is 1. The molecule has 16 heavy (non-hydrogen) atoms. The molecular weight excluding hydrogens is 206 g/mol. The van der Waals surface area contributed by atoms with E-state index in [2.05, 4.69) is 15.0 Å². The van der Waals surface area contributed by atoms with Gasteiger partial charge in [0.25, 0.3) is 0 Å². The van der Waals surface area contributed by atoms with Gasteiger partial charge in [0.1, 0.15) is 11.8 Å². The average Bonchev–Trinajstić information content (AvgIpc) is 2.64. The Hall–Kier alpha value is -1.69. The maximum Gasteiger partial charge on any atom is 0.165 e. The van der Waals surface area contributed by atoms with Crippen LogP contribution in [0.25, 0.3) is 11.2 Å². The molecule has 2 aromatic rings. The zero-order valence-corrected chi connectivity index (χ0v) is 9.17. The molecule has 2 rings (SSSR count). The number of aromatic nitrogens is 4. The fraction of sp³-hybridized carbons (Fsp3) is 0.500. The van der Waals surface area contributed by atoms with Gasteiger partial charge in [0.2, 0.25) is 0 Å². The molecule has 0 aliphatic heterocycles. The van der Waals surface area contributed by atoms with Gasteiger partial charge in [-0.05, 0) is 6.42 Å². The van der Waals surface area contributed by atoms with Crippen molar-refractivity contribution in [1.29, 1.82) is 0 Å². The first-order valence-corrected chi connectivity index (χ1v) is 5.31. The predicted molar refractivity (Wildman–Crippen MR) is 60.7 cm³/mol. The molecule has 6 heteroatoms. The van der Waals surface area contributed by atoms with Crippen molar-refractivity contribution >= 4 is 17.0 Å². The summed E-state index contributed by atoms with van der Waals surface area (Å²) < 4.78 is 1.80. The highest BCUT2D eigenvalue weighted by Gasteiger charge is 2.10. The van der Waals surface area contributed by atoms with Crippen LogP contribution in [0.1, 0.15) is 19.8 Å². The van der Waals surface area contributed by atoms with Gasteiger partial charge in [-0.25, -0.2) is 15.0 Å². The maximum atomic E-state index is 9.73. The molecule has 0 aromatic carbocycles. The first-order chi connectivity index (χ1) is 7.72. The maximum absolute atomic E-state index is 9.73. The third-order valence-electron chi connectivity index (χ3n) is 2.46. The molecule has 0 aliphatic carbocycles. The minimum atomic E-state index is -0.376. The molecule has 0 bridgehead atoms. The molecule has 0 spiro atoms. The van der Waals surface area contributed by atoms with Gasteiger partial charge in [-0.3, -0.25) is 0 Å². The number of rotatable bonds is 4. The second-order valence-electron chi connectivity index (χ2n) is 3.77. The van der Waals surface area contributed by atoms with E-state index in [-0.39, 0.29) is 6.10 Å². The number of fused-ring (bicyclic) bond motifs is 1. The summed E-state index contributed by atoms with van der Waals surface area (Å²) in [5.41, 5.74) is 6.93. The van der Waals surface area contributed by atoms with E-state index in [1.54, 1.807) is 10.9 Å². The summed E-state index contributed by atoms with van der Waals surface area (Å²) in [6.07, 6.45) is 4.38. The summed E-state index contributed by atoms with van der Waals surface area (Å²) in [6, 6.07) is 0. The van der Waals surface area contributed by atoms with Crippen molar-refractivity contribution in [1.82, 2.24) is 19.5 Å². The molecule has 0 saturated heterocycles. The van der Waals surface area contributed by atoms with Crippen LogP contribution in [0.3, 0.4) is 0 Å². The van der Waals surface area contributed by atoms with Crippen molar-refractivity contribution in [3.05, 3.63) is 12.7 Å². The minimum Gasteiger partial charge on any atom is -0.391 e. The van der Waals surface area contributed by atoms with Crippen LogP contribution in [0, 0.1) is 0 Å². The number of imidazole rings is 1. The van der Waals surface area contributed by atoms with E-state index in [1.807, 2.05) is 6.92 Å². The van der Waals surface area contributed by atoms with Gasteiger partial charge >= 0.3 is 0 Å². The molecule has 0 radical (unpaired) electrons. The Morgan fingerprint density at radius 3 is 3.00 bits per heavy atom. The van der Waals surface area contributed by atoms with Gasteiger partial charge in [0.15, 0.2) is 11.5 Å². The van der Waals surface area contributed by atoms with E-state index in [9.17, 15) is 5.11 Å². The molecule has 0 saturated carbocycles. The molecule has 2 heterocycles. The lowest BCUT2D eigenvalue weighted by Crippen LogP contribution is -2.15. The van der Waals surface area contributed by atoms with Gasteiger partial charge in [-0.1, -0.05) is 13.3 Å². The Labute approximate surface area is 93.1 Å². The van der Waals surface area contributed by atoms with E-state index < -0.39 is 0 Å². The first kappa shape index (κ1) is 10.8. The lowest BCUT2D eigenvalue weighted by molar-refractivity contribution is 0.144. The first-order valence-electron chi connectivity index (χ1n) is 5.31. The third kappa shape index (κ3) is 1.96. The fourth-order valence-corrected chi connectivity index (χ4v) is 1.68. The number of nitrogens with zero attached hydrogens (tertiary/aromatic N) is 4. The molecule has 6 nitrogen and oxygen atoms in total. The number of nitrogens with two attached hydrogens (primary N) is 1. The average molecular weight is 221 g/mol. The van der Waals surface area contributed by atoms with Crippen molar-refractivity contribution in [3.8, 4) is 0 Å². The minimum absolute atomic E-state index is 0.369. The molecule has 1 atom stereocenters. The second-order valence-corrected chi connectivity index (χ2v) is 3.77. The molecular formula is C10H15N5O. The van der Waals surface area contributed by atoms with Crippen molar-refractivity contribution in [3.63, 3.8) is 0 Å². The Bertz CT molecular complexity index is 481. The van der Waals surface area contributed by atoms with Crippen molar-refractivity contribution in [2.45, 2.75) is 32.4 Å². The Balaban J connectivity index is 2.28. The van der Waals surface area contributed by atoms with Crippen LogP contribution in [-0.4, -0.2) is 30.7 Å². The van der Waals surface area contributed by atoms with Crippen LogP contribution in [0.5, 0.6) is 0 Å². The SMILES string of the molecule is CCCC(O)Cn1cnc2c(N)ncnc21. The van der Waals surface area contributed by atoms with Gasteiger partial charge in [0.05, 0.1) is 19.0 Å². The molecule has 0 fully saturated rings. The monoisotopic (exact) mass is 221 g/mol. The van der Waals surface area contributed by atoms with Crippen LogP contribution < -0.4 is 5.73 Å². The summed E-state index contributed by atoms with van der Waals surface area (Å²) in [5, 5.41) is 9.73. The zero-order valence-electron chi connectivity index (χ0n) is 9.17. The Morgan fingerprint density at radius 1 is 1.44 bits per heavy atom. The lowest BCUT2D eigenvalue weighted by Gasteiger charge is -2.09. The van der Waals surface area contributed by atoms with Gasteiger partial charge in [-0.2, -0.15) is 0 Å². The second kappa shape index (κ2) is 4.44. The molecule has 0 aliphatic rings. The number of aliphatic hydroxyl groups excluding tert-OH is 1. The standard InChI is InChI=1S/C10H15N5O/c1-2-3-7(16)4-15-6-14-8-9(11)12-5-13-10(8)15/h5-7,16H,2-4H2,1H3,(H2,11,12,13). The lowest BCUT2D eigenvalue weighted by atomic mass is 10.2. The van der Waals surface area contributed by atoms with Crippen molar-refractivity contribution < 1.29 is 5.11 Å². The van der Waals surface area contributed by atoms with Gasteiger partial charge in [-0.15, -0.1) is 0 Å². The van der Waals surface area contributed by atoms with E-state index in [1.165, 1.54) is 6.33 Å². The Morgan fingerprint density at radius 2 is 2.25 bits per heavy atom. The van der Waals surface area contributed by atoms with E-state index in [0.29, 0.717) is 23.5 Å². The predicted octanol–water partition coefficient (Wildman–Crippen LogP) is 0.569. The molecule has 3 N–H and O–H groups in total. The fourth-order valence-electron chi connectivity index (χ4n) is 1.68. The van der Waals surface area contributed by atoms with Crippen LogP contribution in [0.2, 0.25) is 0 Å². The van der Waals surface area contributed by atoms with E-state index in [0.717, 1.165) is 12.8 Å². The topological polar surface area (TPSA) is 89.8 Å². The van der Waals surface area contributed by atoms with Crippen molar-refractivity contribution in [2.24, 2.45) is 0 Å². The van der Waals surface area contributed by atoms with Crippen molar-refractivity contribution in [2.75, 3.05) is 5.73 Å². The zero-order chi connectivity index (χ0) is 11.5. The number of anilines is 1. The summed E-state index contributed by atoms with van der Waals surface area (Å²) in [6.45, 7) is 2.52. The van der Waals surface area contributed by atoms with Crippen LogP contribution in [-0.2, 0) is 6.54 Å². The summed E-state index contributed by atoms with van der Waals surface area (Å²) in [4.78, 5) is 12.1. The van der Waals surface area contributed by atoms with Gasteiger partial charge in [0, 0.05) is 0 Å². The van der Waals surface area contributed by atoms with Crippen LogP contribution >= 0.6 is 0 Å². The van der Waals surface area contributed by atoms with E-state index >= 15 is 0 Å². The summed E-state index contributed by atoms with van der Waals surface area (Å²) >= 11 is 0. The third-order valence-corrected chi connectivity index (χ3v) is 2.46.